The Balaban J connectivity index is 1.74. The summed E-state index contributed by atoms with van der Waals surface area (Å²) in [5, 5.41) is 0. The number of sulfonamides is 1. The Morgan fingerprint density at radius 1 is 0.867 bits per heavy atom. The van der Waals surface area contributed by atoms with Crippen molar-refractivity contribution < 1.29 is 26.7 Å². The number of nitrogens with zero attached hydrogens (tertiary/aromatic N) is 1. The van der Waals surface area contributed by atoms with Crippen molar-refractivity contribution in [2.45, 2.75) is 18.0 Å². The van der Waals surface area contributed by atoms with E-state index in [0.29, 0.717) is 29.7 Å². The van der Waals surface area contributed by atoms with Crippen LogP contribution in [0.25, 0.3) is 0 Å². The molecule has 30 heavy (non-hydrogen) atoms. The lowest BCUT2D eigenvalue weighted by Crippen LogP contribution is -2.26. The fraction of sp³-hybridized carbons (Fsp3) is 0.182. The van der Waals surface area contributed by atoms with E-state index in [9.17, 15) is 17.2 Å². The van der Waals surface area contributed by atoms with Gasteiger partial charge in [0.05, 0.1) is 12.0 Å². The molecule has 0 heterocycles. The lowest BCUT2D eigenvalue weighted by molar-refractivity contribution is 0.284. The maximum atomic E-state index is 13.4. The fourth-order valence-corrected chi connectivity index (χ4v) is 4.00. The molecule has 0 saturated heterocycles. The van der Waals surface area contributed by atoms with Gasteiger partial charge in [0.15, 0.2) is 23.1 Å². The van der Waals surface area contributed by atoms with Crippen LogP contribution in [0.2, 0.25) is 0 Å². The van der Waals surface area contributed by atoms with E-state index < -0.39 is 21.7 Å². The quantitative estimate of drug-likeness (QED) is 0.529. The van der Waals surface area contributed by atoms with Gasteiger partial charge in [-0.3, -0.25) is 0 Å². The molecule has 0 aliphatic rings. The van der Waals surface area contributed by atoms with Crippen LogP contribution in [0.5, 0.6) is 11.5 Å². The van der Waals surface area contributed by atoms with Crippen LogP contribution in [0.15, 0.2) is 71.6 Å². The molecule has 0 radical (unpaired) electrons. The summed E-state index contributed by atoms with van der Waals surface area (Å²) in [6.45, 7) is 0.373. The molecule has 0 saturated carbocycles. The largest absolute Gasteiger partial charge is 0.493 e. The third-order valence-corrected chi connectivity index (χ3v) is 6.27. The summed E-state index contributed by atoms with van der Waals surface area (Å²) in [7, 11) is -1.14. The summed E-state index contributed by atoms with van der Waals surface area (Å²) in [6, 6.07) is 17.2. The van der Waals surface area contributed by atoms with Crippen LogP contribution in [-0.4, -0.2) is 26.9 Å². The van der Waals surface area contributed by atoms with Crippen LogP contribution < -0.4 is 9.47 Å². The molecule has 0 fully saturated rings. The number of methoxy groups -OCH3 is 1. The van der Waals surface area contributed by atoms with Gasteiger partial charge in [-0.15, -0.1) is 0 Å². The first-order chi connectivity index (χ1) is 14.3. The van der Waals surface area contributed by atoms with Crippen molar-refractivity contribution in [1.82, 2.24) is 4.31 Å². The molecule has 0 spiro atoms. The highest BCUT2D eigenvalue weighted by molar-refractivity contribution is 7.89. The standard InChI is InChI=1S/C22H21F2NO4S/c1-25(30(26,27)18-9-10-19(23)20(24)13-18)14-17-8-11-21(22(12-17)28-2)29-15-16-6-4-3-5-7-16/h3-13H,14-15H2,1-2H3. The highest BCUT2D eigenvalue weighted by Crippen LogP contribution is 2.30. The number of benzene rings is 3. The minimum atomic E-state index is -4.00. The maximum Gasteiger partial charge on any atom is 0.243 e. The molecule has 0 unspecified atom stereocenters. The molecule has 8 heteroatoms. The number of rotatable bonds is 8. The Bertz CT molecular complexity index is 1120. The Kier molecular flexibility index (Phi) is 6.69. The van der Waals surface area contributed by atoms with E-state index in [1.54, 1.807) is 18.2 Å². The summed E-state index contributed by atoms with van der Waals surface area (Å²) in [6.07, 6.45) is 0. The third-order valence-electron chi connectivity index (χ3n) is 4.47. The van der Waals surface area contributed by atoms with Crippen molar-refractivity contribution in [3.8, 4) is 11.5 Å². The zero-order valence-electron chi connectivity index (χ0n) is 16.5. The highest BCUT2D eigenvalue weighted by atomic mass is 32.2. The third kappa shape index (κ3) is 4.95. The molecular weight excluding hydrogens is 412 g/mol. The van der Waals surface area contributed by atoms with Crippen molar-refractivity contribution in [3.05, 3.63) is 89.5 Å². The van der Waals surface area contributed by atoms with Crippen LogP contribution in [0.1, 0.15) is 11.1 Å². The Hall–Kier alpha value is -2.97. The second-order valence-electron chi connectivity index (χ2n) is 6.60. The number of hydrogen-bond acceptors (Lipinski definition) is 4. The predicted octanol–water partition coefficient (Wildman–Crippen LogP) is 4.37. The van der Waals surface area contributed by atoms with E-state index in [1.807, 2.05) is 30.3 Å². The molecule has 0 amide bonds. The minimum Gasteiger partial charge on any atom is -0.493 e. The number of hydrogen-bond donors (Lipinski definition) is 0. The SMILES string of the molecule is COc1cc(CN(C)S(=O)(=O)c2ccc(F)c(F)c2)ccc1OCc1ccccc1. The Labute approximate surface area is 174 Å². The van der Waals surface area contributed by atoms with Crippen LogP contribution in [-0.2, 0) is 23.2 Å². The van der Waals surface area contributed by atoms with Gasteiger partial charge in [-0.2, -0.15) is 4.31 Å². The first-order valence-electron chi connectivity index (χ1n) is 9.06. The van der Waals surface area contributed by atoms with Gasteiger partial charge >= 0.3 is 0 Å². The monoisotopic (exact) mass is 433 g/mol. The Morgan fingerprint density at radius 2 is 1.60 bits per heavy atom. The van der Waals surface area contributed by atoms with E-state index in [-0.39, 0.29) is 11.4 Å². The summed E-state index contributed by atoms with van der Waals surface area (Å²) in [5.41, 5.74) is 1.65. The average Bonchev–Trinajstić information content (AvgIpc) is 2.75. The van der Waals surface area contributed by atoms with Gasteiger partial charge in [0.2, 0.25) is 10.0 Å². The summed E-state index contributed by atoms with van der Waals surface area (Å²) < 4.78 is 64.1. The molecule has 158 valence electrons. The molecule has 5 nitrogen and oxygen atoms in total. The molecular formula is C22H21F2NO4S. The Morgan fingerprint density at radius 3 is 2.27 bits per heavy atom. The molecule has 0 N–H and O–H groups in total. The van der Waals surface area contributed by atoms with Gasteiger partial charge in [0, 0.05) is 13.6 Å². The first-order valence-corrected chi connectivity index (χ1v) is 10.5. The topological polar surface area (TPSA) is 55.8 Å². The smallest absolute Gasteiger partial charge is 0.243 e. The molecule has 3 aromatic carbocycles. The molecule has 0 aliphatic heterocycles. The van der Waals surface area contributed by atoms with Gasteiger partial charge in [0.25, 0.3) is 0 Å². The van der Waals surface area contributed by atoms with E-state index in [4.69, 9.17) is 9.47 Å². The lowest BCUT2D eigenvalue weighted by atomic mass is 10.2. The van der Waals surface area contributed by atoms with Crippen molar-refractivity contribution in [2.24, 2.45) is 0 Å². The normalized spacial score (nSPS) is 11.5. The van der Waals surface area contributed by atoms with Crippen molar-refractivity contribution in [2.75, 3.05) is 14.2 Å². The molecule has 0 aromatic heterocycles. The molecule has 0 aliphatic carbocycles. The lowest BCUT2D eigenvalue weighted by Gasteiger charge is -2.18. The van der Waals surface area contributed by atoms with E-state index >= 15 is 0 Å². The second kappa shape index (κ2) is 9.23. The van der Waals surface area contributed by atoms with Crippen molar-refractivity contribution in [3.63, 3.8) is 0 Å². The van der Waals surface area contributed by atoms with Gasteiger partial charge in [-0.1, -0.05) is 36.4 Å². The molecule has 3 aromatic rings. The molecule has 0 bridgehead atoms. The van der Waals surface area contributed by atoms with Gasteiger partial charge < -0.3 is 9.47 Å². The summed E-state index contributed by atoms with van der Waals surface area (Å²) in [4.78, 5) is -0.321. The van der Waals surface area contributed by atoms with E-state index in [2.05, 4.69) is 0 Å². The summed E-state index contributed by atoms with van der Waals surface area (Å²) >= 11 is 0. The minimum absolute atomic E-state index is 0.0106. The first kappa shape index (κ1) is 21.7. The van der Waals surface area contributed by atoms with E-state index in [0.717, 1.165) is 22.0 Å². The molecule has 3 rings (SSSR count). The maximum absolute atomic E-state index is 13.4. The van der Waals surface area contributed by atoms with Gasteiger partial charge in [-0.25, -0.2) is 17.2 Å². The van der Waals surface area contributed by atoms with Crippen LogP contribution in [0, 0.1) is 11.6 Å². The second-order valence-corrected chi connectivity index (χ2v) is 8.64. The van der Waals surface area contributed by atoms with Crippen molar-refractivity contribution >= 4 is 10.0 Å². The highest BCUT2D eigenvalue weighted by Gasteiger charge is 2.23. The summed E-state index contributed by atoms with van der Waals surface area (Å²) in [5.74, 6) is -1.34. The zero-order valence-corrected chi connectivity index (χ0v) is 17.3. The van der Waals surface area contributed by atoms with Crippen molar-refractivity contribution in [1.29, 1.82) is 0 Å². The van der Waals surface area contributed by atoms with Crippen LogP contribution in [0.3, 0.4) is 0 Å². The predicted molar refractivity (Wildman–Crippen MR) is 109 cm³/mol. The average molecular weight is 433 g/mol. The fourth-order valence-electron chi connectivity index (χ4n) is 2.82. The van der Waals surface area contributed by atoms with Crippen LogP contribution >= 0.6 is 0 Å². The zero-order chi connectivity index (χ0) is 21.7. The van der Waals surface area contributed by atoms with Gasteiger partial charge in [-0.05, 0) is 41.5 Å². The van der Waals surface area contributed by atoms with E-state index in [1.165, 1.54) is 14.2 Å². The molecule has 0 atom stereocenters. The number of halogens is 2. The van der Waals surface area contributed by atoms with Gasteiger partial charge in [0.1, 0.15) is 6.61 Å². The number of ether oxygens (including phenoxy) is 2. The van der Waals surface area contributed by atoms with Crippen LogP contribution in [0.4, 0.5) is 8.78 Å².